The van der Waals surface area contributed by atoms with Crippen LogP contribution in [0.4, 0.5) is 13.2 Å². The van der Waals surface area contributed by atoms with Crippen LogP contribution in [-0.4, -0.2) is 74.2 Å². The molecule has 2 aliphatic rings. The fourth-order valence-corrected chi connectivity index (χ4v) is 4.58. The topological polar surface area (TPSA) is 89.5 Å². The molecular formula is C26H31F3N2O6. The number of aliphatic hydroxyl groups is 1. The number of carbonyl (C=O) groups excluding carboxylic acids is 1. The van der Waals surface area contributed by atoms with E-state index in [-0.39, 0.29) is 32.5 Å². The molecular weight excluding hydrogens is 493 g/mol. The number of aliphatic hydroxyl groups excluding tert-OH is 1. The van der Waals surface area contributed by atoms with Crippen molar-refractivity contribution in [1.82, 2.24) is 10.2 Å². The lowest BCUT2D eigenvalue weighted by atomic mass is 10.00. The molecule has 11 heteroatoms. The van der Waals surface area contributed by atoms with Gasteiger partial charge in [-0.15, -0.1) is 0 Å². The van der Waals surface area contributed by atoms with Crippen LogP contribution in [0.2, 0.25) is 0 Å². The molecule has 2 N–H and O–H groups in total. The molecule has 2 aromatic rings. The second kappa shape index (κ2) is 11.9. The van der Waals surface area contributed by atoms with E-state index in [1.165, 1.54) is 4.90 Å². The summed E-state index contributed by atoms with van der Waals surface area (Å²) in [4.78, 5) is 14.0. The molecule has 1 unspecified atom stereocenters. The summed E-state index contributed by atoms with van der Waals surface area (Å²) in [7, 11) is 1.55. The van der Waals surface area contributed by atoms with Crippen LogP contribution in [0.3, 0.4) is 0 Å². The second-order valence-corrected chi connectivity index (χ2v) is 8.99. The molecule has 4 rings (SSSR count). The van der Waals surface area contributed by atoms with Gasteiger partial charge in [-0.25, -0.2) is 0 Å². The molecule has 1 fully saturated rings. The summed E-state index contributed by atoms with van der Waals surface area (Å²) in [6.45, 7) is 0.873. The van der Waals surface area contributed by atoms with Crippen molar-refractivity contribution in [3.8, 4) is 23.0 Å². The molecule has 0 saturated carbocycles. The zero-order valence-corrected chi connectivity index (χ0v) is 20.5. The molecule has 8 nitrogen and oxygen atoms in total. The summed E-state index contributed by atoms with van der Waals surface area (Å²) in [5.41, 5.74) is 0.409. The first-order valence-corrected chi connectivity index (χ1v) is 12.2. The highest BCUT2D eigenvalue weighted by atomic mass is 19.4. The Hall–Kier alpha value is -3.18. The normalized spacial score (nSPS) is 19.2. The van der Waals surface area contributed by atoms with Crippen molar-refractivity contribution in [2.24, 2.45) is 0 Å². The Bertz CT molecular complexity index is 1050. The van der Waals surface area contributed by atoms with Gasteiger partial charge in [0.05, 0.1) is 26.2 Å². The monoisotopic (exact) mass is 524 g/mol. The predicted octanol–water partition coefficient (Wildman–Crippen LogP) is 3.48. The molecule has 0 radical (unpaired) electrons. The number of hydrogen-bond acceptors (Lipinski definition) is 7. The van der Waals surface area contributed by atoms with Gasteiger partial charge < -0.3 is 29.4 Å². The minimum absolute atomic E-state index is 0.0139. The number of alkyl halides is 3. The van der Waals surface area contributed by atoms with Crippen LogP contribution in [0.5, 0.6) is 23.0 Å². The summed E-state index contributed by atoms with van der Waals surface area (Å²) >= 11 is 0. The maximum Gasteiger partial charge on any atom is 0.404 e. The number of benzene rings is 2. The molecule has 0 spiro atoms. The average Bonchev–Trinajstić information content (AvgIpc) is 3.37. The Morgan fingerprint density at radius 3 is 2.54 bits per heavy atom. The van der Waals surface area contributed by atoms with E-state index < -0.39 is 30.3 Å². The first-order valence-electron chi connectivity index (χ1n) is 12.2. The van der Waals surface area contributed by atoms with E-state index in [0.717, 1.165) is 0 Å². The van der Waals surface area contributed by atoms with Gasteiger partial charge in [-0.1, -0.05) is 6.07 Å². The molecule has 0 aromatic heterocycles. The molecule has 2 aromatic carbocycles. The van der Waals surface area contributed by atoms with Crippen LogP contribution in [0.15, 0.2) is 42.5 Å². The molecule has 3 atom stereocenters. The van der Waals surface area contributed by atoms with Crippen molar-refractivity contribution in [2.75, 3.05) is 40.0 Å². The van der Waals surface area contributed by atoms with Gasteiger partial charge in [-0.2, -0.15) is 13.2 Å². The highest BCUT2D eigenvalue weighted by molar-refractivity contribution is 5.76. The molecule has 202 valence electrons. The van der Waals surface area contributed by atoms with E-state index in [0.29, 0.717) is 48.2 Å². The smallest absolute Gasteiger partial charge is 0.404 e. The van der Waals surface area contributed by atoms with Gasteiger partial charge in [0, 0.05) is 6.54 Å². The molecule has 0 bridgehead atoms. The number of hydrogen-bond donors (Lipinski definition) is 2. The van der Waals surface area contributed by atoms with Gasteiger partial charge in [0.2, 0.25) is 5.91 Å². The Kier molecular flexibility index (Phi) is 8.65. The zero-order valence-electron chi connectivity index (χ0n) is 20.5. The number of nitrogens with one attached hydrogen (secondary N) is 1. The molecule has 1 amide bonds. The Morgan fingerprint density at radius 2 is 1.84 bits per heavy atom. The first kappa shape index (κ1) is 26.9. The quantitative estimate of drug-likeness (QED) is 0.492. The van der Waals surface area contributed by atoms with Crippen LogP contribution < -0.4 is 24.3 Å². The van der Waals surface area contributed by atoms with E-state index in [2.05, 4.69) is 5.32 Å². The standard InChI is InChI=1S/C26H31F3N2O6/c1-34-18-5-7-19(8-6-18)35-12-10-24(32)30-20(16-31-11-2-3-23(31)26(27,28)29)25(33)17-4-9-21-22(15-17)37-14-13-36-21/h4-9,15,20,23,25,33H,2-3,10-14,16H2,1H3,(H,30,32)/t20?,23-,25+/m0/s1. The number of carbonyl (C=O) groups is 1. The van der Waals surface area contributed by atoms with E-state index >= 15 is 0 Å². The SMILES string of the molecule is COc1ccc(OCCC(=O)NC(CN2CCC[C@H]2C(F)(F)F)[C@H](O)c2ccc3c(c2)OCCO3)cc1. The van der Waals surface area contributed by atoms with Crippen LogP contribution in [0.25, 0.3) is 0 Å². The van der Waals surface area contributed by atoms with Crippen LogP contribution in [0.1, 0.15) is 30.9 Å². The predicted molar refractivity (Wildman–Crippen MR) is 128 cm³/mol. The van der Waals surface area contributed by atoms with Crippen molar-refractivity contribution in [2.45, 2.75) is 43.6 Å². The van der Waals surface area contributed by atoms with Gasteiger partial charge in [-0.3, -0.25) is 9.69 Å². The van der Waals surface area contributed by atoms with Gasteiger partial charge in [-0.05, 0) is 61.3 Å². The molecule has 1 saturated heterocycles. The van der Waals surface area contributed by atoms with Crippen molar-refractivity contribution in [1.29, 1.82) is 0 Å². The first-order chi connectivity index (χ1) is 17.7. The van der Waals surface area contributed by atoms with Gasteiger partial charge in [0.15, 0.2) is 11.5 Å². The summed E-state index contributed by atoms with van der Waals surface area (Å²) in [6, 6.07) is 9.11. The fraction of sp³-hybridized carbons (Fsp3) is 0.500. The third-order valence-electron chi connectivity index (χ3n) is 6.47. The zero-order chi connectivity index (χ0) is 26.4. The number of nitrogens with zero attached hydrogens (tertiary/aromatic N) is 1. The Labute approximate surface area is 213 Å². The fourth-order valence-electron chi connectivity index (χ4n) is 4.58. The lowest BCUT2D eigenvalue weighted by Gasteiger charge is -2.33. The highest BCUT2D eigenvalue weighted by Crippen LogP contribution is 2.36. The minimum atomic E-state index is -4.39. The number of fused-ring (bicyclic) bond motifs is 1. The summed E-state index contributed by atoms with van der Waals surface area (Å²) in [5, 5.41) is 13.9. The highest BCUT2D eigenvalue weighted by Gasteiger charge is 2.46. The lowest BCUT2D eigenvalue weighted by molar-refractivity contribution is -0.177. The van der Waals surface area contributed by atoms with Crippen molar-refractivity contribution < 1.29 is 42.0 Å². The maximum atomic E-state index is 13.6. The lowest BCUT2D eigenvalue weighted by Crippen LogP contribution is -2.51. The largest absolute Gasteiger partial charge is 0.497 e. The number of likely N-dealkylation sites (tertiary alicyclic amines) is 1. The van der Waals surface area contributed by atoms with E-state index in [9.17, 15) is 23.1 Å². The van der Waals surface area contributed by atoms with Crippen molar-refractivity contribution in [3.05, 3.63) is 48.0 Å². The second-order valence-electron chi connectivity index (χ2n) is 8.99. The average molecular weight is 525 g/mol. The number of halogens is 3. The van der Waals surface area contributed by atoms with Crippen molar-refractivity contribution in [3.63, 3.8) is 0 Å². The van der Waals surface area contributed by atoms with Crippen LogP contribution >= 0.6 is 0 Å². The third-order valence-corrected chi connectivity index (χ3v) is 6.47. The molecule has 0 aliphatic carbocycles. The Morgan fingerprint density at radius 1 is 1.14 bits per heavy atom. The van der Waals surface area contributed by atoms with Gasteiger partial charge >= 0.3 is 6.18 Å². The number of amides is 1. The number of ether oxygens (including phenoxy) is 4. The molecule has 2 heterocycles. The minimum Gasteiger partial charge on any atom is -0.497 e. The summed E-state index contributed by atoms with van der Waals surface area (Å²) in [5.74, 6) is 1.73. The van der Waals surface area contributed by atoms with E-state index in [1.54, 1.807) is 49.6 Å². The number of methoxy groups -OCH3 is 1. The van der Waals surface area contributed by atoms with E-state index in [4.69, 9.17) is 18.9 Å². The molecule has 2 aliphatic heterocycles. The van der Waals surface area contributed by atoms with Gasteiger partial charge in [0.25, 0.3) is 0 Å². The number of rotatable bonds is 10. The van der Waals surface area contributed by atoms with E-state index in [1.807, 2.05) is 0 Å². The summed E-state index contributed by atoms with van der Waals surface area (Å²) in [6.07, 6.45) is -5.32. The molecule has 37 heavy (non-hydrogen) atoms. The third kappa shape index (κ3) is 6.98. The van der Waals surface area contributed by atoms with Crippen molar-refractivity contribution >= 4 is 5.91 Å². The van der Waals surface area contributed by atoms with Crippen LogP contribution in [-0.2, 0) is 4.79 Å². The summed E-state index contributed by atoms with van der Waals surface area (Å²) < 4.78 is 62.5. The van der Waals surface area contributed by atoms with Crippen LogP contribution in [0, 0.1) is 0 Å². The van der Waals surface area contributed by atoms with Gasteiger partial charge in [0.1, 0.15) is 36.9 Å². The maximum absolute atomic E-state index is 13.6. The Balaban J connectivity index is 1.43.